The summed E-state index contributed by atoms with van der Waals surface area (Å²) in [4.78, 5) is 0. The van der Waals surface area contributed by atoms with E-state index < -0.39 is 20.8 Å². The molecule has 3 nitrogen and oxygen atoms in total. The molecule has 0 aromatic heterocycles. The minimum atomic E-state index is -3.97. The van der Waals surface area contributed by atoms with Crippen molar-refractivity contribution in [1.82, 2.24) is 0 Å². The van der Waals surface area contributed by atoms with Crippen LogP contribution in [0.2, 0.25) is 0 Å². The Hall–Kier alpha value is -0.0900. The highest BCUT2D eigenvalue weighted by Crippen LogP contribution is 2.36. The Morgan fingerprint density at radius 2 is 1.53 bits per heavy atom. The first-order chi connectivity index (χ1) is 6.40. The molecular formula is C11H24O3S. The van der Waals surface area contributed by atoms with E-state index in [0.717, 1.165) is 6.42 Å². The fraction of sp³-hybridized carbons (Fsp3) is 1.00. The predicted molar refractivity (Wildman–Crippen MR) is 63.5 cm³/mol. The maximum absolute atomic E-state index is 11.3. The molecule has 1 atom stereocenters. The van der Waals surface area contributed by atoms with Crippen LogP contribution in [-0.2, 0) is 10.1 Å². The van der Waals surface area contributed by atoms with Gasteiger partial charge in [-0.25, -0.2) is 0 Å². The summed E-state index contributed by atoms with van der Waals surface area (Å²) >= 11 is 0. The van der Waals surface area contributed by atoms with E-state index in [2.05, 4.69) is 0 Å². The maximum Gasteiger partial charge on any atom is 0.268 e. The van der Waals surface area contributed by atoms with Crippen LogP contribution in [0.1, 0.15) is 54.4 Å². The molecule has 0 amide bonds. The molecule has 0 spiro atoms. The van der Waals surface area contributed by atoms with Gasteiger partial charge in [0.25, 0.3) is 10.1 Å². The van der Waals surface area contributed by atoms with Crippen molar-refractivity contribution >= 4 is 10.1 Å². The van der Waals surface area contributed by atoms with Crippen molar-refractivity contribution in [2.24, 2.45) is 10.8 Å². The summed E-state index contributed by atoms with van der Waals surface area (Å²) in [5.74, 6) is 0. The summed E-state index contributed by atoms with van der Waals surface area (Å²) in [6, 6.07) is 0. The molecule has 0 aliphatic heterocycles. The van der Waals surface area contributed by atoms with Crippen molar-refractivity contribution in [2.45, 2.75) is 59.6 Å². The normalized spacial score (nSPS) is 16.5. The van der Waals surface area contributed by atoms with E-state index in [0.29, 0.717) is 6.42 Å². The van der Waals surface area contributed by atoms with Crippen LogP contribution in [0.15, 0.2) is 0 Å². The first-order valence-electron chi connectivity index (χ1n) is 5.36. The monoisotopic (exact) mass is 236 g/mol. The van der Waals surface area contributed by atoms with E-state index in [1.54, 1.807) is 0 Å². The Balaban J connectivity index is 5.02. The summed E-state index contributed by atoms with van der Waals surface area (Å²) in [5, 5.41) is -0.694. The van der Waals surface area contributed by atoms with E-state index in [9.17, 15) is 13.0 Å². The quantitative estimate of drug-likeness (QED) is 0.763. The number of hydrogen-bond donors (Lipinski definition) is 1. The molecule has 0 aromatic carbocycles. The summed E-state index contributed by atoms with van der Waals surface area (Å²) < 4.78 is 31.9. The molecule has 0 fully saturated rings. The van der Waals surface area contributed by atoms with Gasteiger partial charge >= 0.3 is 0 Å². The molecule has 0 aliphatic rings. The van der Waals surface area contributed by atoms with Crippen molar-refractivity contribution in [3.8, 4) is 0 Å². The molecule has 0 bridgehead atoms. The van der Waals surface area contributed by atoms with E-state index in [4.69, 9.17) is 0 Å². The highest BCUT2D eigenvalue weighted by molar-refractivity contribution is 7.86. The molecule has 0 saturated carbocycles. The molecule has 0 heterocycles. The molecule has 92 valence electrons. The lowest BCUT2D eigenvalue weighted by molar-refractivity contribution is 0.241. The summed E-state index contributed by atoms with van der Waals surface area (Å²) in [6.45, 7) is 11.6. The fourth-order valence-corrected chi connectivity index (χ4v) is 3.06. The van der Waals surface area contributed by atoms with E-state index in [1.165, 1.54) is 0 Å². The first kappa shape index (κ1) is 14.9. The van der Waals surface area contributed by atoms with Gasteiger partial charge in [0.1, 0.15) is 0 Å². The third-order valence-corrected chi connectivity index (χ3v) is 4.61. The molecule has 15 heavy (non-hydrogen) atoms. The van der Waals surface area contributed by atoms with Crippen molar-refractivity contribution < 1.29 is 13.0 Å². The van der Waals surface area contributed by atoms with Gasteiger partial charge in [-0.1, -0.05) is 48.0 Å². The molecule has 0 saturated heterocycles. The smallest absolute Gasteiger partial charge is 0.268 e. The van der Waals surface area contributed by atoms with Gasteiger partial charge in [-0.3, -0.25) is 4.55 Å². The Labute approximate surface area is 94.0 Å². The second-order valence-electron chi connectivity index (χ2n) is 6.09. The highest BCUT2D eigenvalue weighted by Gasteiger charge is 2.38. The van der Waals surface area contributed by atoms with Crippen LogP contribution >= 0.6 is 0 Å². The first-order valence-corrected chi connectivity index (χ1v) is 6.87. The van der Waals surface area contributed by atoms with Crippen LogP contribution in [0.3, 0.4) is 0 Å². The lowest BCUT2D eigenvalue weighted by atomic mass is 9.78. The molecule has 0 radical (unpaired) electrons. The molecule has 0 aromatic rings. The molecule has 4 heteroatoms. The molecule has 0 rings (SSSR count). The van der Waals surface area contributed by atoms with E-state index >= 15 is 0 Å². The van der Waals surface area contributed by atoms with Crippen LogP contribution in [0.25, 0.3) is 0 Å². The van der Waals surface area contributed by atoms with Crippen LogP contribution < -0.4 is 0 Å². The standard InChI is InChI=1S/C11H24O3S/c1-7-11(5,6)8-9(10(2,3)4)15(12,13)14/h9H,7-8H2,1-6H3,(H,12,13,14). The van der Waals surface area contributed by atoms with E-state index in [-0.39, 0.29) is 5.41 Å². The third-order valence-electron chi connectivity index (χ3n) is 3.02. The topological polar surface area (TPSA) is 54.4 Å². The Morgan fingerprint density at radius 1 is 1.13 bits per heavy atom. The predicted octanol–water partition coefficient (Wildman–Crippen LogP) is 3.12. The van der Waals surface area contributed by atoms with E-state index in [1.807, 2.05) is 41.5 Å². The number of rotatable bonds is 4. The van der Waals surface area contributed by atoms with Gasteiger partial charge in [0.15, 0.2) is 0 Å². The van der Waals surface area contributed by atoms with Crippen molar-refractivity contribution in [3.63, 3.8) is 0 Å². The van der Waals surface area contributed by atoms with Gasteiger partial charge in [-0.15, -0.1) is 0 Å². The zero-order valence-corrected chi connectivity index (χ0v) is 11.5. The zero-order valence-electron chi connectivity index (χ0n) is 10.7. The van der Waals surface area contributed by atoms with Crippen LogP contribution in [0, 0.1) is 10.8 Å². The fourth-order valence-electron chi connectivity index (χ4n) is 1.50. The molecule has 1 N–H and O–H groups in total. The largest absolute Gasteiger partial charge is 0.285 e. The highest BCUT2D eigenvalue weighted by atomic mass is 32.2. The zero-order chi connectivity index (χ0) is 12.5. The van der Waals surface area contributed by atoms with Crippen molar-refractivity contribution in [3.05, 3.63) is 0 Å². The van der Waals surface area contributed by atoms with Crippen LogP contribution in [0.4, 0.5) is 0 Å². The van der Waals surface area contributed by atoms with Gasteiger partial charge in [0.05, 0.1) is 5.25 Å². The second-order valence-corrected chi connectivity index (χ2v) is 7.69. The minimum absolute atomic E-state index is 0.0618. The van der Waals surface area contributed by atoms with Crippen LogP contribution in [-0.4, -0.2) is 18.2 Å². The molecular weight excluding hydrogens is 212 g/mol. The summed E-state index contributed by atoms with van der Waals surface area (Å²) in [7, 11) is -3.97. The number of hydrogen-bond acceptors (Lipinski definition) is 2. The Morgan fingerprint density at radius 3 is 1.73 bits per heavy atom. The average molecular weight is 236 g/mol. The van der Waals surface area contributed by atoms with Gasteiger partial charge in [-0.05, 0) is 17.3 Å². The van der Waals surface area contributed by atoms with Gasteiger partial charge < -0.3 is 0 Å². The van der Waals surface area contributed by atoms with Gasteiger partial charge in [0.2, 0.25) is 0 Å². The van der Waals surface area contributed by atoms with Crippen LogP contribution in [0.5, 0.6) is 0 Å². The molecule has 0 aliphatic carbocycles. The third kappa shape index (κ3) is 4.98. The summed E-state index contributed by atoms with van der Waals surface area (Å²) in [5.41, 5.74) is -0.492. The SMILES string of the molecule is CCC(C)(C)CC(C(C)(C)C)S(=O)(=O)O. The second kappa shape index (κ2) is 4.42. The Kier molecular flexibility index (Phi) is 4.39. The van der Waals surface area contributed by atoms with Crippen molar-refractivity contribution in [1.29, 1.82) is 0 Å². The Bertz CT molecular complexity index is 296. The lowest BCUT2D eigenvalue weighted by Gasteiger charge is -2.34. The summed E-state index contributed by atoms with van der Waals surface area (Å²) in [6.07, 6.45) is 1.39. The minimum Gasteiger partial charge on any atom is -0.285 e. The average Bonchev–Trinajstić information content (AvgIpc) is 1.96. The molecule has 1 unspecified atom stereocenters. The van der Waals surface area contributed by atoms with Crippen molar-refractivity contribution in [2.75, 3.05) is 0 Å². The van der Waals surface area contributed by atoms with Gasteiger partial charge in [0, 0.05) is 0 Å². The lowest BCUT2D eigenvalue weighted by Crippen LogP contribution is -2.37. The van der Waals surface area contributed by atoms with Gasteiger partial charge in [-0.2, -0.15) is 8.42 Å². The maximum atomic E-state index is 11.3.